The number of fused-ring (bicyclic) bond motifs is 3. The highest BCUT2D eigenvalue weighted by Crippen LogP contribution is 2.35. The summed E-state index contributed by atoms with van der Waals surface area (Å²) in [5.74, 6) is -0.396. The van der Waals surface area contributed by atoms with Crippen LogP contribution >= 0.6 is 0 Å². The first-order valence-electron chi connectivity index (χ1n) is 11.6. The molecule has 1 aromatic heterocycles. The maximum Gasteiger partial charge on any atom is 0.339 e. The maximum absolute atomic E-state index is 13.3. The molecule has 0 saturated carbocycles. The Kier molecular flexibility index (Phi) is 6.91. The molecule has 0 bridgehead atoms. The lowest BCUT2D eigenvalue weighted by Crippen LogP contribution is -2.43. The van der Waals surface area contributed by atoms with Crippen LogP contribution in [0.4, 0.5) is 0 Å². The largest absolute Gasteiger partial charge is 0.425 e. The average Bonchev–Trinajstić information content (AvgIpc) is 3.27. The first kappa shape index (κ1) is 24.2. The van der Waals surface area contributed by atoms with Gasteiger partial charge in [0.25, 0.3) is 0 Å². The first-order valence-corrected chi connectivity index (χ1v) is 13.1. The van der Waals surface area contributed by atoms with Gasteiger partial charge < -0.3 is 9.15 Å². The van der Waals surface area contributed by atoms with E-state index in [0.717, 1.165) is 29.5 Å². The van der Waals surface area contributed by atoms with E-state index in [1.54, 1.807) is 24.3 Å². The molecule has 1 aliphatic rings. The first-order chi connectivity index (χ1) is 16.2. The number of esters is 1. The molecule has 0 saturated heterocycles. The smallest absolute Gasteiger partial charge is 0.339 e. The van der Waals surface area contributed by atoms with Crippen molar-refractivity contribution < 1.29 is 22.4 Å². The number of rotatable bonds is 8. The van der Waals surface area contributed by atoms with Gasteiger partial charge in [0.1, 0.15) is 17.4 Å². The van der Waals surface area contributed by atoms with Crippen LogP contribution in [0.15, 0.2) is 50.5 Å². The molecule has 0 aliphatic heterocycles. The number of hydrogen-bond donors (Lipinski definition) is 1. The number of aryl methyl sites for hydroxylation is 3. The zero-order valence-corrected chi connectivity index (χ0v) is 20.5. The van der Waals surface area contributed by atoms with Gasteiger partial charge in [-0.05, 0) is 74.9 Å². The molecule has 1 heterocycles. The minimum Gasteiger partial charge on any atom is -0.425 e. The zero-order chi connectivity index (χ0) is 24.5. The molecule has 0 fully saturated rings. The molecule has 8 heteroatoms. The van der Waals surface area contributed by atoms with Crippen molar-refractivity contribution in [2.45, 2.75) is 70.2 Å². The third-order valence-electron chi connectivity index (χ3n) is 6.15. The average molecular weight is 484 g/mol. The van der Waals surface area contributed by atoms with Crippen molar-refractivity contribution in [2.75, 3.05) is 0 Å². The molecule has 180 valence electrons. The van der Waals surface area contributed by atoms with E-state index in [2.05, 4.69) is 4.72 Å². The second kappa shape index (κ2) is 9.72. The summed E-state index contributed by atoms with van der Waals surface area (Å²) in [7, 11) is -3.92. The van der Waals surface area contributed by atoms with E-state index in [4.69, 9.17) is 9.15 Å². The molecule has 34 heavy (non-hydrogen) atoms. The fourth-order valence-corrected chi connectivity index (χ4v) is 5.59. The lowest BCUT2D eigenvalue weighted by atomic mass is 10.0. The van der Waals surface area contributed by atoms with E-state index < -0.39 is 22.0 Å². The maximum atomic E-state index is 13.3. The number of sulfonamides is 1. The van der Waals surface area contributed by atoms with Gasteiger partial charge in [0.05, 0.1) is 10.3 Å². The Morgan fingerprint density at radius 2 is 1.79 bits per heavy atom. The molecule has 1 atom stereocenters. The van der Waals surface area contributed by atoms with Gasteiger partial charge >= 0.3 is 11.6 Å². The Balaban J connectivity index is 1.68. The number of carbonyl (C=O) groups excluding carboxylic acids is 1. The summed E-state index contributed by atoms with van der Waals surface area (Å²) < 4.78 is 39.8. The molecule has 1 N–H and O–H groups in total. The van der Waals surface area contributed by atoms with Crippen LogP contribution in [0.5, 0.6) is 5.75 Å². The Bertz CT molecular complexity index is 1390. The molecular formula is C26H29NO6S. The molecular weight excluding hydrogens is 454 g/mol. The van der Waals surface area contributed by atoms with E-state index >= 15 is 0 Å². The zero-order valence-electron chi connectivity index (χ0n) is 19.6. The van der Waals surface area contributed by atoms with Crippen LogP contribution in [-0.4, -0.2) is 20.4 Å². The van der Waals surface area contributed by atoms with Crippen molar-refractivity contribution in [3.8, 4) is 5.75 Å². The predicted molar refractivity (Wildman–Crippen MR) is 130 cm³/mol. The van der Waals surface area contributed by atoms with Gasteiger partial charge in [-0.1, -0.05) is 37.5 Å². The third kappa shape index (κ3) is 4.93. The molecule has 3 aromatic rings. The number of hydrogen-bond acceptors (Lipinski definition) is 6. The van der Waals surface area contributed by atoms with Gasteiger partial charge in [-0.3, -0.25) is 0 Å². The molecule has 1 aliphatic carbocycles. The van der Waals surface area contributed by atoms with Crippen LogP contribution in [0, 0.1) is 13.8 Å². The van der Waals surface area contributed by atoms with E-state index in [9.17, 15) is 18.0 Å². The van der Waals surface area contributed by atoms with Crippen molar-refractivity contribution in [1.82, 2.24) is 4.72 Å². The normalized spacial score (nSPS) is 14.2. The van der Waals surface area contributed by atoms with Crippen LogP contribution in [0.1, 0.15) is 54.9 Å². The van der Waals surface area contributed by atoms with Gasteiger partial charge in [-0.2, -0.15) is 4.72 Å². The summed E-state index contributed by atoms with van der Waals surface area (Å²) in [6.07, 6.45) is 3.90. The van der Waals surface area contributed by atoms with E-state index in [1.165, 1.54) is 12.1 Å². The quantitative estimate of drug-likeness (QED) is 0.290. The standard InChI is InChI=1S/C26H29NO6S/c1-4-5-9-21(27-34(30,31)18-12-10-16(2)11-13-18)26(29)33-23-15-17(3)14-22-24(23)19-7-6-8-20(19)25(28)32-22/h10-15,21,27H,4-9H2,1-3H3. The molecule has 0 amide bonds. The van der Waals surface area contributed by atoms with Crippen molar-refractivity contribution in [1.29, 1.82) is 0 Å². The molecule has 7 nitrogen and oxygen atoms in total. The lowest BCUT2D eigenvalue weighted by molar-refractivity contribution is -0.136. The van der Waals surface area contributed by atoms with Gasteiger partial charge in [0.15, 0.2) is 0 Å². The van der Waals surface area contributed by atoms with Crippen molar-refractivity contribution in [3.05, 3.63) is 69.1 Å². The van der Waals surface area contributed by atoms with Gasteiger partial charge in [0, 0.05) is 5.56 Å². The van der Waals surface area contributed by atoms with Crippen molar-refractivity contribution in [2.24, 2.45) is 0 Å². The summed E-state index contributed by atoms with van der Waals surface area (Å²) >= 11 is 0. The summed E-state index contributed by atoms with van der Waals surface area (Å²) in [5, 5.41) is 0.613. The fraction of sp³-hybridized carbons (Fsp3) is 0.385. The molecule has 0 radical (unpaired) electrons. The Labute approximate surface area is 199 Å². The SMILES string of the molecule is CCCCC(NS(=O)(=O)c1ccc(C)cc1)C(=O)Oc1cc(C)cc2oc(=O)c3c(c12)CCC3. The molecule has 2 aromatic carbocycles. The van der Waals surface area contributed by atoms with Gasteiger partial charge in [-0.25, -0.2) is 18.0 Å². The van der Waals surface area contributed by atoms with Gasteiger partial charge in [-0.15, -0.1) is 0 Å². The van der Waals surface area contributed by atoms with Crippen LogP contribution < -0.4 is 15.1 Å². The Morgan fingerprint density at radius 3 is 2.50 bits per heavy atom. The Hall–Kier alpha value is -2.97. The number of benzene rings is 2. The third-order valence-corrected chi connectivity index (χ3v) is 7.64. The van der Waals surface area contributed by atoms with Crippen LogP contribution in [0.3, 0.4) is 0 Å². The summed E-state index contributed by atoms with van der Waals surface area (Å²) in [4.78, 5) is 25.7. The minimum absolute atomic E-state index is 0.0907. The summed E-state index contributed by atoms with van der Waals surface area (Å²) in [6.45, 7) is 5.66. The summed E-state index contributed by atoms with van der Waals surface area (Å²) in [5.41, 5.74) is 3.19. The Morgan fingerprint density at radius 1 is 1.09 bits per heavy atom. The van der Waals surface area contributed by atoms with Crippen LogP contribution in [0.2, 0.25) is 0 Å². The fourth-order valence-electron chi connectivity index (χ4n) is 4.37. The van der Waals surface area contributed by atoms with E-state index in [1.807, 2.05) is 20.8 Å². The molecule has 1 unspecified atom stereocenters. The highest BCUT2D eigenvalue weighted by atomic mass is 32.2. The van der Waals surface area contributed by atoms with Crippen molar-refractivity contribution >= 4 is 27.0 Å². The van der Waals surface area contributed by atoms with Gasteiger partial charge in [0.2, 0.25) is 10.0 Å². The van der Waals surface area contributed by atoms with Crippen molar-refractivity contribution in [3.63, 3.8) is 0 Å². The number of unbranched alkanes of at least 4 members (excludes halogenated alkanes) is 1. The number of ether oxygens (including phenoxy) is 1. The topological polar surface area (TPSA) is 103 Å². The minimum atomic E-state index is -3.92. The molecule has 4 rings (SSSR count). The van der Waals surface area contributed by atoms with E-state index in [0.29, 0.717) is 42.2 Å². The lowest BCUT2D eigenvalue weighted by Gasteiger charge is -2.19. The predicted octanol–water partition coefficient (Wildman–Crippen LogP) is 4.34. The number of carbonyl (C=O) groups is 1. The second-order valence-corrected chi connectivity index (χ2v) is 10.6. The van der Waals surface area contributed by atoms with Crippen LogP contribution in [-0.2, 0) is 27.7 Å². The monoisotopic (exact) mass is 483 g/mol. The molecule has 0 spiro atoms. The summed E-state index contributed by atoms with van der Waals surface area (Å²) in [6, 6.07) is 8.87. The highest BCUT2D eigenvalue weighted by molar-refractivity contribution is 7.89. The van der Waals surface area contributed by atoms with Crippen LogP contribution in [0.25, 0.3) is 11.0 Å². The highest BCUT2D eigenvalue weighted by Gasteiger charge is 2.29. The number of nitrogens with one attached hydrogen (secondary N) is 1. The second-order valence-electron chi connectivity index (χ2n) is 8.89. The van der Waals surface area contributed by atoms with E-state index in [-0.39, 0.29) is 16.3 Å².